The van der Waals surface area contributed by atoms with Gasteiger partial charge in [-0.2, -0.15) is 0 Å². The van der Waals surface area contributed by atoms with E-state index in [1.807, 2.05) is 48.5 Å². The molecule has 0 aliphatic carbocycles. The van der Waals surface area contributed by atoms with E-state index in [0.717, 1.165) is 28.5 Å². The number of carbonyl (C=O) groups excluding carboxylic acids is 2. The molecule has 0 radical (unpaired) electrons. The predicted octanol–water partition coefficient (Wildman–Crippen LogP) is 2.84. The van der Waals surface area contributed by atoms with Crippen LogP contribution in [0.15, 0.2) is 48.5 Å². The molecule has 2 N–H and O–H groups in total. The molecular formula is C20H19NO4S. The normalized spacial score (nSPS) is 24.7. The lowest BCUT2D eigenvalue weighted by atomic mass is 9.93. The zero-order valence-electron chi connectivity index (χ0n) is 14.1. The molecule has 0 aromatic heterocycles. The average molecular weight is 369 g/mol. The molecule has 0 saturated carbocycles. The van der Waals surface area contributed by atoms with Gasteiger partial charge in [-0.3, -0.25) is 14.9 Å². The highest BCUT2D eigenvalue weighted by atomic mass is 32.2. The summed E-state index contributed by atoms with van der Waals surface area (Å²) in [4.78, 5) is 23.0. The number of thioether (sulfide) groups is 1. The molecule has 2 aromatic rings. The highest BCUT2D eigenvalue weighted by Gasteiger charge is 2.35. The van der Waals surface area contributed by atoms with Crippen molar-refractivity contribution in [1.82, 2.24) is 5.32 Å². The molecule has 6 heteroatoms. The summed E-state index contributed by atoms with van der Waals surface area (Å²) >= 11 is 1.04. The van der Waals surface area contributed by atoms with Gasteiger partial charge in [0, 0.05) is 12.8 Å². The van der Waals surface area contributed by atoms with Crippen molar-refractivity contribution in [2.45, 2.75) is 36.7 Å². The molecule has 1 fully saturated rings. The van der Waals surface area contributed by atoms with E-state index >= 15 is 0 Å². The Bertz CT molecular complexity index is 854. The van der Waals surface area contributed by atoms with Gasteiger partial charge in [-0.15, -0.1) is 0 Å². The van der Waals surface area contributed by atoms with Crippen LogP contribution in [-0.2, 0) is 24.1 Å². The minimum atomic E-state index is -1.20. The summed E-state index contributed by atoms with van der Waals surface area (Å²) in [5, 5.41) is 12.5. The zero-order valence-corrected chi connectivity index (χ0v) is 14.9. The van der Waals surface area contributed by atoms with Crippen LogP contribution in [0.2, 0.25) is 0 Å². The molecule has 2 unspecified atom stereocenters. The van der Waals surface area contributed by atoms with Crippen LogP contribution in [0, 0.1) is 0 Å². The van der Waals surface area contributed by atoms with Gasteiger partial charge in [0.15, 0.2) is 0 Å². The Morgan fingerprint density at radius 2 is 1.96 bits per heavy atom. The first kappa shape index (κ1) is 17.1. The first-order valence-electron chi connectivity index (χ1n) is 8.59. The first-order valence-corrected chi connectivity index (χ1v) is 9.47. The van der Waals surface area contributed by atoms with Crippen molar-refractivity contribution in [2.24, 2.45) is 0 Å². The Morgan fingerprint density at radius 1 is 1.15 bits per heavy atom. The van der Waals surface area contributed by atoms with Gasteiger partial charge in [0.1, 0.15) is 5.75 Å². The minimum absolute atomic E-state index is 0.230. The topological polar surface area (TPSA) is 75.6 Å². The molecule has 2 aliphatic rings. The van der Waals surface area contributed by atoms with Gasteiger partial charge in [-0.05, 0) is 35.6 Å². The molecule has 2 aromatic carbocycles. The molecule has 2 atom stereocenters. The van der Waals surface area contributed by atoms with Crippen LogP contribution >= 0.6 is 11.8 Å². The van der Waals surface area contributed by atoms with E-state index in [2.05, 4.69) is 5.32 Å². The molecule has 26 heavy (non-hydrogen) atoms. The molecule has 4 rings (SSSR count). The summed E-state index contributed by atoms with van der Waals surface area (Å²) in [6.45, 7) is 0. The molecule has 134 valence electrons. The SMILES string of the molecule is O=C1NC(=O)C(Cc2ccc3c(c2)CCC(O)(Cc2ccccc2)O3)S1. The number of imide groups is 1. The number of rotatable bonds is 4. The van der Waals surface area contributed by atoms with Crippen LogP contribution in [0.5, 0.6) is 5.75 Å². The van der Waals surface area contributed by atoms with Gasteiger partial charge < -0.3 is 9.84 Å². The number of fused-ring (bicyclic) bond motifs is 1. The molecular weight excluding hydrogens is 350 g/mol. The molecule has 1 saturated heterocycles. The Hall–Kier alpha value is -2.31. The number of hydrogen-bond acceptors (Lipinski definition) is 5. The van der Waals surface area contributed by atoms with Crippen LogP contribution in [-0.4, -0.2) is 27.3 Å². The lowest BCUT2D eigenvalue weighted by molar-refractivity contribution is -0.148. The number of ether oxygens (including phenoxy) is 1. The summed E-state index contributed by atoms with van der Waals surface area (Å²) in [6, 6.07) is 15.5. The fourth-order valence-electron chi connectivity index (χ4n) is 3.42. The standard InChI is InChI=1S/C20H19NO4S/c22-18-17(26-19(23)21-18)11-14-6-7-16-15(10-14)8-9-20(24,25-16)12-13-4-2-1-3-5-13/h1-7,10,17,24H,8-9,11-12H2,(H,21,22,23). The quantitative estimate of drug-likeness (QED) is 0.867. The van der Waals surface area contributed by atoms with E-state index in [4.69, 9.17) is 4.74 Å². The fraction of sp³-hybridized carbons (Fsp3) is 0.300. The Labute approximate surface area is 155 Å². The summed E-state index contributed by atoms with van der Waals surface area (Å²) in [6.07, 6.45) is 2.16. The fourth-order valence-corrected chi connectivity index (χ4v) is 4.28. The number of benzene rings is 2. The maximum atomic E-state index is 11.7. The smallest absolute Gasteiger partial charge is 0.286 e. The Morgan fingerprint density at radius 3 is 2.69 bits per heavy atom. The maximum Gasteiger partial charge on any atom is 0.286 e. The van der Waals surface area contributed by atoms with Crippen LogP contribution in [0.25, 0.3) is 0 Å². The van der Waals surface area contributed by atoms with Crippen LogP contribution in [0.3, 0.4) is 0 Å². The Kier molecular flexibility index (Phi) is 4.46. The lowest BCUT2D eigenvalue weighted by Gasteiger charge is -2.34. The summed E-state index contributed by atoms with van der Waals surface area (Å²) < 4.78 is 5.90. The van der Waals surface area contributed by atoms with E-state index in [-0.39, 0.29) is 16.4 Å². The van der Waals surface area contributed by atoms with E-state index in [1.165, 1.54) is 0 Å². The number of amides is 2. The first-order chi connectivity index (χ1) is 12.5. The minimum Gasteiger partial charge on any atom is -0.462 e. The third-order valence-corrected chi connectivity index (χ3v) is 5.70. The van der Waals surface area contributed by atoms with Crippen LogP contribution < -0.4 is 10.1 Å². The largest absolute Gasteiger partial charge is 0.462 e. The third kappa shape index (κ3) is 3.61. The van der Waals surface area contributed by atoms with Gasteiger partial charge in [0.05, 0.1) is 5.25 Å². The van der Waals surface area contributed by atoms with E-state index in [1.54, 1.807) is 0 Å². The summed E-state index contributed by atoms with van der Waals surface area (Å²) in [5.74, 6) is -0.757. The molecule has 0 bridgehead atoms. The second kappa shape index (κ2) is 6.78. The second-order valence-corrected chi connectivity index (χ2v) is 7.92. The lowest BCUT2D eigenvalue weighted by Crippen LogP contribution is -2.41. The van der Waals surface area contributed by atoms with Crippen molar-refractivity contribution in [3.8, 4) is 5.75 Å². The van der Waals surface area contributed by atoms with Crippen molar-refractivity contribution in [2.75, 3.05) is 0 Å². The van der Waals surface area contributed by atoms with Crippen molar-refractivity contribution in [1.29, 1.82) is 0 Å². The number of aliphatic hydroxyl groups is 1. The molecule has 2 amide bonds. The number of nitrogens with one attached hydrogen (secondary N) is 1. The molecule has 5 nitrogen and oxygen atoms in total. The highest BCUT2D eigenvalue weighted by Crippen LogP contribution is 2.35. The van der Waals surface area contributed by atoms with Crippen molar-refractivity contribution in [3.05, 3.63) is 65.2 Å². The number of carbonyl (C=O) groups is 2. The van der Waals surface area contributed by atoms with E-state index in [9.17, 15) is 14.7 Å². The van der Waals surface area contributed by atoms with Crippen molar-refractivity contribution < 1.29 is 19.4 Å². The van der Waals surface area contributed by atoms with Crippen LogP contribution in [0.1, 0.15) is 23.1 Å². The summed E-state index contributed by atoms with van der Waals surface area (Å²) in [7, 11) is 0. The number of aryl methyl sites for hydroxylation is 1. The van der Waals surface area contributed by atoms with E-state index < -0.39 is 5.79 Å². The van der Waals surface area contributed by atoms with Gasteiger partial charge >= 0.3 is 0 Å². The molecule has 0 spiro atoms. The van der Waals surface area contributed by atoms with Gasteiger partial charge in [-0.25, -0.2) is 0 Å². The average Bonchev–Trinajstić information content (AvgIpc) is 2.93. The van der Waals surface area contributed by atoms with Gasteiger partial charge in [0.2, 0.25) is 11.7 Å². The van der Waals surface area contributed by atoms with E-state index in [0.29, 0.717) is 31.4 Å². The molecule has 2 aliphatic heterocycles. The maximum absolute atomic E-state index is 11.7. The zero-order chi connectivity index (χ0) is 18.1. The third-order valence-electron chi connectivity index (χ3n) is 4.72. The highest BCUT2D eigenvalue weighted by molar-refractivity contribution is 8.15. The molecule has 2 heterocycles. The van der Waals surface area contributed by atoms with Gasteiger partial charge in [-0.1, -0.05) is 54.2 Å². The van der Waals surface area contributed by atoms with Crippen molar-refractivity contribution >= 4 is 22.9 Å². The van der Waals surface area contributed by atoms with Crippen LogP contribution in [0.4, 0.5) is 4.79 Å². The van der Waals surface area contributed by atoms with Crippen molar-refractivity contribution in [3.63, 3.8) is 0 Å². The Balaban J connectivity index is 1.47. The second-order valence-electron chi connectivity index (χ2n) is 6.74. The predicted molar refractivity (Wildman–Crippen MR) is 99.1 cm³/mol. The number of hydrogen-bond donors (Lipinski definition) is 2. The van der Waals surface area contributed by atoms with Gasteiger partial charge in [0.25, 0.3) is 5.24 Å². The summed E-state index contributed by atoms with van der Waals surface area (Å²) in [5.41, 5.74) is 3.04. The monoisotopic (exact) mass is 369 g/mol.